The summed E-state index contributed by atoms with van der Waals surface area (Å²) < 4.78 is 10.9. The van der Waals surface area contributed by atoms with Crippen LogP contribution in [0.25, 0.3) is 0 Å². The summed E-state index contributed by atoms with van der Waals surface area (Å²) in [6.45, 7) is 4.47. The lowest BCUT2D eigenvalue weighted by molar-refractivity contribution is 0.000663. The maximum absolute atomic E-state index is 12.6. The highest BCUT2D eigenvalue weighted by molar-refractivity contribution is 5.97. The number of ether oxygens (including phenoxy) is 2. The lowest BCUT2D eigenvalue weighted by Gasteiger charge is -2.35. The van der Waals surface area contributed by atoms with Crippen LogP contribution >= 0.6 is 0 Å². The Labute approximate surface area is 113 Å². The van der Waals surface area contributed by atoms with Crippen molar-refractivity contribution in [3.8, 4) is 5.75 Å². The third-order valence-electron chi connectivity index (χ3n) is 3.18. The van der Waals surface area contributed by atoms with E-state index >= 15 is 0 Å². The molecule has 0 saturated carbocycles. The Hall–Kier alpha value is -1.59. The molecule has 1 aliphatic rings. The maximum atomic E-state index is 12.6. The lowest BCUT2D eigenvalue weighted by atomic mass is 10.1. The number of carbonyl (C=O) groups excluding carboxylic acids is 1. The second kappa shape index (κ2) is 6.54. The molecule has 2 N–H and O–H groups in total. The molecule has 1 amide bonds. The molecule has 1 aromatic rings. The van der Waals surface area contributed by atoms with Crippen molar-refractivity contribution >= 4 is 5.91 Å². The topological polar surface area (TPSA) is 64.8 Å². The van der Waals surface area contributed by atoms with Crippen LogP contribution < -0.4 is 10.5 Å². The van der Waals surface area contributed by atoms with Gasteiger partial charge < -0.3 is 20.1 Å². The van der Waals surface area contributed by atoms with Gasteiger partial charge in [-0.05, 0) is 19.1 Å². The molecule has 1 heterocycles. The predicted octanol–water partition coefficient (Wildman–Crippen LogP) is 0.885. The van der Waals surface area contributed by atoms with E-state index in [1.807, 2.05) is 25.1 Å². The second-order valence-corrected chi connectivity index (χ2v) is 4.39. The Morgan fingerprint density at radius 2 is 2.32 bits per heavy atom. The maximum Gasteiger partial charge on any atom is 0.258 e. The van der Waals surface area contributed by atoms with Gasteiger partial charge in [0.1, 0.15) is 5.75 Å². The molecule has 1 saturated heterocycles. The molecule has 104 valence electrons. The fourth-order valence-corrected chi connectivity index (χ4v) is 2.20. The van der Waals surface area contributed by atoms with Gasteiger partial charge in [-0.1, -0.05) is 12.1 Å². The zero-order chi connectivity index (χ0) is 13.7. The molecule has 1 atom stereocenters. The number of benzene rings is 1. The molecule has 1 aromatic carbocycles. The van der Waals surface area contributed by atoms with Gasteiger partial charge in [0.25, 0.3) is 5.91 Å². The van der Waals surface area contributed by atoms with Crippen molar-refractivity contribution in [2.24, 2.45) is 5.73 Å². The SMILES string of the molecule is CCOc1ccccc1C(=O)N1CCOCC1CN. The van der Waals surface area contributed by atoms with Crippen LogP contribution in [0.1, 0.15) is 17.3 Å². The van der Waals surface area contributed by atoms with Gasteiger partial charge >= 0.3 is 0 Å². The summed E-state index contributed by atoms with van der Waals surface area (Å²) in [5.41, 5.74) is 6.29. The van der Waals surface area contributed by atoms with Gasteiger partial charge in [-0.25, -0.2) is 0 Å². The van der Waals surface area contributed by atoms with Crippen LogP contribution in [-0.2, 0) is 4.74 Å². The van der Waals surface area contributed by atoms with Crippen LogP contribution in [0.15, 0.2) is 24.3 Å². The van der Waals surface area contributed by atoms with E-state index in [1.165, 1.54) is 0 Å². The van der Waals surface area contributed by atoms with Gasteiger partial charge in [0.05, 0.1) is 31.4 Å². The average Bonchev–Trinajstić information content (AvgIpc) is 2.47. The summed E-state index contributed by atoms with van der Waals surface area (Å²) in [7, 11) is 0. The normalized spacial score (nSPS) is 19.3. The number of rotatable bonds is 4. The zero-order valence-corrected chi connectivity index (χ0v) is 11.2. The number of para-hydroxylation sites is 1. The average molecular weight is 264 g/mol. The van der Waals surface area contributed by atoms with E-state index in [4.69, 9.17) is 15.2 Å². The third kappa shape index (κ3) is 3.05. The van der Waals surface area contributed by atoms with E-state index in [2.05, 4.69) is 0 Å². The molecule has 1 unspecified atom stereocenters. The Morgan fingerprint density at radius 1 is 1.53 bits per heavy atom. The first-order valence-corrected chi connectivity index (χ1v) is 6.58. The molecule has 0 aliphatic carbocycles. The van der Waals surface area contributed by atoms with E-state index in [1.54, 1.807) is 11.0 Å². The number of nitrogens with two attached hydrogens (primary N) is 1. The van der Waals surface area contributed by atoms with Crippen LogP contribution in [0.5, 0.6) is 5.75 Å². The first kappa shape index (κ1) is 13.8. The van der Waals surface area contributed by atoms with Gasteiger partial charge in [0, 0.05) is 13.1 Å². The monoisotopic (exact) mass is 264 g/mol. The van der Waals surface area contributed by atoms with E-state index in [9.17, 15) is 4.79 Å². The smallest absolute Gasteiger partial charge is 0.258 e. The largest absolute Gasteiger partial charge is 0.493 e. The Bertz CT molecular complexity index is 436. The van der Waals surface area contributed by atoms with E-state index in [-0.39, 0.29) is 11.9 Å². The minimum Gasteiger partial charge on any atom is -0.493 e. The molecular formula is C14H20N2O3. The van der Waals surface area contributed by atoms with Gasteiger partial charge in [-0.15, -0.1) is 0 Å². The fourth-order valence-electron chi connectivity index (χ4n) is 2.20. The summed E-state index contributed by atoms with van der Waals surface area (Å²) in [5.74, 6) is 0.583. The first-order chi connectivity index (χ1) is 9.27. The Kier molecular flexibility index (Phi) is 4.76. The van der Waals surface area contributed by atoms with E-state index in [0.717, 1.165) is 0 Å². The second-order valence-electron chi connectivity index (χ2n) is 4.39. The van der Waals surface area contributed by atoms with Crippen molar-refractivity contribution < 1.29 is 14.3 Å². The van der Waals surface area contributed by atoms with E-state index < -0.39 is 0 Å². The number of hydrogen-bond acceptors (Lipinski definition) is 4. The van der Waals surface area contributed by atoms with Crippen molar-refractivity contribution in [1.29, 1.82) is 0 Å². The summed E-state index contributed by atoms with van der Waals surface area (Å²) in [6.07, 6.45) is 0. The fraction of sp³-hybridized carbons (Fsp3) is 0.500. The standard InChI is InChI=1S/C14H20N2O3/c1-2-19-13-6-4-3-5-12(13)14(17)16-7-8-18-10-11(16)9-15/h3-6,11H,2,7-10,15H2,1H3. The highest BCUT2D eigenvalue weighted by Gasteiger charge is 2.28. The zero-order valence-electron chi connectivity index (χ0n) is 11.2. The quantitative estimate of drug-likeness (QED) is 0.877. The molecule has 5 heteroatoms. The molecule has 2 rings (SSSR count). The van der Waals surface area contributed by atoms with Gasteiger partial charge in [-0.3, -0.25) is 4.79 Å². The molecule has 0 bridgehead atoms. The minimum absolute atomic E-state index is 0.0391. The molecule has 1 aliphatic heterocycles. The Morgan fingerprint density at radius 3 is 3.05 bits per heavy atom. The highest BCUT2D eigenvalue weighted by Crippen LogP contribution is 2.21. The summed E-state index contributed by atoms with van der Waals surface area (Å²) in [6, 6.07) is 7.25. The summed E-state index contributed by atoms with van der Waals surface area (Å²) in [4.78, 5) is 14.4. The molecular weight excluding hydrogens is 244 g/mol. The van der Waals surface area contributed by atoms with Crippen molar-refractivity contribution in [3.63, 3.8) is 0 Å². The molecule has 19 heavy (non-hydrogen) atoms. The summed E-state index contributed by atoms with van der Waals surface area (Å²) >= 11 is 0. The Balaban J connectivity index is 2.22. The lowest BCUT2D eigenvalue weighted by Crippen LogP contribution is -2.52. The number of hydrogen-bond donors (Lipinski definition) is 1. The first-order valence-electron chi connectivity index (χ1n) is 6.58. The van der Waals surface area contributed by atoms with Crippen molar-refractivity contribution in [3.05, 3.63) is 29.8 Å². The molecule has 0 spiro atoms. The summed E-state index contributed by atoms with van der Waals surface area (Å²) in [5, 5.41) is 0. The van der Waals surface area contributed by atoms with Crippen LogP contribution in [0.2, 0.25) is 0 Å². The number of amides is 1. The van der Waals surface area contributed by atoms with Crippen LogP contribution in [-0.4, -0.2) is 49.8 Å². The van der Waals surface area contributed by atoms with Crippen molar-refractivity contribution in [2.75, 3.05) is 32.9 Å². The molecule has 5 nitrogen and oxygen atoms in total. The molecule has 1 fully saturated rings. The number of morpholine rings is 1. The van der Waals surface area contributed by atoms with Crippen molar-refractivity contribution in [1.82, 2.24) is 4.90 Å². The minimum atomic E-state index is -0.0593. The molecule has 0 radical (unpaired) electrons. The van der Waals surface area contributed by atoms with Crippen LogP contribution in [0.4, 0.5) is 0 Å². The van der Waals surface area contributed by atoms with Gasteiger partial charge in [-0.2, -0.15) is 0 Å². The highest BCUT2D eigenvalue weighted by atomic mass is 16.5. The third-order valence-corrected chi connectivity index (χ3v) is 3.18. The van der Waals surface area contributed by atoms with Crippen molar-refractivity contribution in [2.45, 2.75) is 13.0 Å². The van der Waals surface area contributed by atoms with Gasteiger partial charge in [0.2, 0.25) is 0 Å². The number of carbonyl (C=O) groups is 1. The predicted molar refractivity (Wildman–Crippen MR) is 72.3 cm³/mol. The molecule has 0 aromatic heterocycles. The van der Waals surface area contributed by atoms with Crippen LogP contribution in [0, 0.1) is 0 Å². The van der Waals surface area contributed by atoms with Crippen LogP contribution in [0.3, 0.4) is 0 Å². The van der Waals surface area contributed by atoms with E-state index in [0.29, 0.717) is 44.2 Å². The van der Waals surface area contributed by atoms with Gasteiger partial charge in [0.15, 0.2) is 0 Å². The number of nitrogens with zero attached hydrogens (tertiary/aromatic N) is 1.